The van der Waals surface area contributed by atoms with Crippen molar-refractivity contribution in [1.82, 2.24) is 4.90 Å². The van der Waals surface area contributed by atoms with Gasteiger partial charge in [-0.15, -0.1) is 0 Å². The number of rotatable bonds is 4. The van der Waals surface area contributed by atoms with Gasteiger partial charge in [-0.3, -0.25) is 4.90 Å². The van der Waals surface area contributed by atoms with E-state index in [1.807, 2.05) is 0 Å². The van der Waals surface area contributed by atoms with E-state index in [-0.39, 0.29) is 11.9 Å². The molecule has 0 amide bonds. The smallest absolute Gasteiger partial charge is 0.150 e. The standard InChI is InChI=1S/C14H27NO3S/c1-19(17,18)14-7-4-6-13(11-14)15-9-3-2-5-12(15)8-10-16/h12-14,16H,2-11H2,1H3. The molecule has 1 N–H and O–H groups in total. The zero-order chi connectivity index (χ0) is 13.9. The summed E-state index contributed by atoms with van der Waals surface area (Å²) >= 11 is 0. The Morgan fingerprint density at radius 1 is 1.16 bits per heavy atom. The predicted octanol–water partition coefficient (Wildman–Crippen LogP) is 1.58. The molecule has 5 heteroatoms. The maximum atomic E-state index is 11.8. The van der Waals surface area contributed by atoms with Gasteiger partial charge in [0.05, 0.1) is 5.25 Å². The highest BCUT2D eigenvalue weighted by atomic mass is 32.2. The second-order valence-electron chi connectivity index (χ2n) is 6.17. The summed E-state index contributed by atoms with van der Waals surface area (Å²) in [4.78, 5) is 2.50. The quantitative estimate of drug-likeness (QED) is 0.853. The molecule has 1 saturated carbocycles. The minimum absolute atomic E-state index is 0.150. The van der Waals surface area contributed by atoms with Gasteiger partial charge >= 0.3 is 0 Å². The van der Waals surface area contributed by atoms with Gasteiger partial charge in [0.25, 0.3) is 0 Å². The van der Waals surface area contributed by atoms with E-state index in [4.69, 9.17) is 0 Å². The summed E-state index contributed by atoms with van der Waals surface area (Å²) in [5.74, 6) is 0. The molecule has 0 aromatic carbocycles. The Labute approximate surface area is 117 Å². The Balaban J connectivity index is 2.02. The van der Waals surface area contributed by atoms with Crippen molar-refractivity contribution in [3.05, 3.63) is 0 Å². The topological polar surface area (TPSA) is 57.6 Å². The Hall–Kier alpha value is -0.130. The summed E-state index contributed by atoms with van der Waals surface area (Å²) in [5, 5.41) is 9.04. The molecular formula is C14H27NO3S. The molecule has 1 heterocycles. The second-order valence-corrected chi connectivity index (χ2v) is 8.50. The molecule has 2 aliphatic rings. The first-order chi connectivity index (χ1) is 9.02. The van der Waals surface area contributed by atoms with Crippen LogP contribution in [-0.4, -0.2) is 55.2 Å². The lowest BCUT2D eigenvalue weighted by atomic mass is 9.89. The van der Waals surface area contributed by atoms with E-state index < -0.39 is 9.84 Å². The summed E-state index contributed by atoms with van der Waals surface area (Å²) in [6, 6.07) is 0.868. The van der Waals surface area contributed by atoms with Crippen LogP contribution < -0.4 is 0 Å². The van der Waals surface area contributed by atoms with Gasteiger partial charge in [-0.25, -0.2) is 8.42 Å². The molecule has 2 fully saturated rings. The fourth-order valence-electron chi connectivity index (χ4n) is 3.77. The van der Waals surface area contributed by atoms with E-state index in [1.165, 1.54) is 19.1 Å². The van der Waals surface area contributed by atoms with Crippen molar-refractivity contribution in [2.24, 2.45) is 0 Å². The van der Waals surface area contributed by atoms with E-state index in [0.717, 1.165) is 45.1 Å². The number of hydrogen-bond donors (Lipinski definition) is 1. The number of aliphatic hydroxyl groups excluding tert-OH is 1. The van der Waals surface area contributed by atoms with Gasteiger partial charge in [0.1, 0.15) is 9.84 Å². The fourth-order valence-corrected chi connectivity index (χ4v) is 4.94. The van der Waals surface area contributed by atoms with Crippen LogP contribution in [0.15, 0.2) is 0 Å². The van der Waals surface area contributed by atoms with Gasteiger partial charge < -0.3 is 5.11 Å². The van der Waals surface area contributed by atoms with Crippen molar-refractivity contribution in [2.75, 3.05) is 19.4 Å². The van der Waals surface area contributed by atoms with Crippen molar-refractivity contribution in [2.45, 2.75) is 68.7 Å². The third kappa shape index (κ3) is 3.92. The molecule has 0 aromatic heterocycles. The number of piperidine rings is 1. The van der Waals surface area contributed by atoms with Crippen LogP contribution >= 0.6 is 0 Å². The van der Waals surface area contributed by atoms with Gasteiger partial charge in [-0.1, -0.05) is 12.8 Å². The van der Waals surface area contributed by atoms with Gasteiger partial charge in [0.15, 0.2) is 0 Å². The lowest BCUT2D eigenvalue weighted by Gasteiger charge is -2.44. The highest BCUT2D eigenvalue weighted by Crippen LogP contribution is 2.32. The summed E-state index contributed by atoms with van der Waals surface area (Å²) in [7, 11) is -2.90. The summed E-state index contributed by atoms with van der Waals surface area (Å²) in [6.07, 6.45) is 9.57. The average Bonchev–Trinajstić information content (AvgIpc) is 2.39. The van der Waals surface area contributed by atoms with Crippen LogP contribution in [0.3, 0.4) is 0 Å². The first-order valence-corrected chi connectivity index (χ1v) is 9.53. The third-order valence-electron chi connectivity index (χ3n) is 4.81. The fraction of sp³-hybridized carbons (Fsp3) is 1.00. The molecule has 0 radical (unpaired) electrons. The second kappa shape index (κ2) is 6.55. The highest BCUT2D eigenvalue weighted by molar-refractivity contribution is 7.91. The molecule has 2 rings (SSSR count). The Bertz CT molecular complexity index is 380. The maximum Gasteiger partial charge on any atom is 0.150 e. The molecule has 4 nitrogen and oxygen atoms in total. The molecule has 1 saturated heterocycles. The minimum Gasteiger partial charge on any atom is -0.396 e. The van der Waals surface area contributed by atoms with Crippen LogP contribution in [0.25, 0.3) is 0 Å². The number of likely N-dealkylation sites (tertiary alicyclic amines) is 1. The van der Waals surface area contributed by atoms with Crippen molar-refractivity contribution in [3.63, 3.8) is 0 Å². The first kappa shape index (κ1) is 15.3. The zero-order valence-corrected chi connectivity index (χ0v) is 12.7. The molecule has 19 heavy (non-hydrogen) atoms. The minimum atomic E-state index is -2.90. The molecule has 0 spiro atoms. The van der Waals surface area contributed by atoms with E-state index in [1.54, 1.807) is 0 Å². The molecule has 112 valence electrons. The van der Waals surface area contributed by atoms with Crippen LogP contribution in [0.4, 0.5) is 0 Å². The van der Waals surface area contributed by atoms with E-state index in [0.29, 0.717) is 12.1 Å². The van der Waals surface area contributed by atoms with Gasteiger partial charge in [0, 0.05) is 24.9 Å². The zero-order valence-electron chi connectivity index (χ0n) is 11.9. The van der Waals surface area contributed by atoms with Crippen LogP contribution in [0, 0.1) is 0 Å². The monoisotopic (exact) mass is 289 g/mol. The lowest BCUT2D eigenvalue weighted by Crippen LogP contribution is -2.49. The maximum absolute atomic E-state index is 11.8. The van der Waals surface area contributed by atoms with Gasteiger partial charge in [0.2, 0.25) is 0 Å². The van der Waals surface area contributed by atoms with Gasteiger partial charge in [-0.2, -0.15) is 0 Å². The molecule has 3 atom stereocenters. The number of nitrogens with zero attached hydrogens (tertiary/aromatic N) is 1. The molecule has 3 unspecified atom stereocenters. The molecule has 0 aromatic rings. The molecule has 1 aliphatic carbocycles. The molecular weight excluding hydrogens is 262 g/mol. The number of sulfone groups is 1. The molecule has 0 bridgehead atoms. The van der Waals surface area contributed by atoms with E-state index >= 15 is 0 Å². The first-order valence-electron chi connectivity index (χ1n) is 7.58. The van der Waals surface area contributed by atoms with Crippen molar-refractivity contribution < 1.29 is 13.5 Å². The SMILES string of the molecule is CS(=O)(=O)C1CCCC(N2CCCCC2CCO)C1. The van der Waals surface area contributed by atoms with Crippen molar-refractivity contribution in [1.29, 1.82) is 0 Å². The number of aliphatic hydroxyl groups is 1. The van der Waals surface area contributed by atoms with Crippen LogP contribution in [-0.2, 0) is 9.84 Å². The van der Waals surface area contributed by atoms with E-state index in [9.17, 15) is 13.5 Å². The highest BCUT2D eigenvalue weighted by Gasteiger charge is 2.35. The Kier molecular flexibility index (Phi) is 5.26. The lowest BCUT2D eigenvalue weighted by molar-refractivity contribution is 0.0583. The van der Waals surface area contributed by atoms with E-state index in [2.05, 4.69) is 4.90 Å². The van der Waals surface area contributed by atoms with Gasteiger partial charge in [-0.05, 0) is 45.1 Å². The summed E-state index contributed by atoms with van der Waals surface area (Å²) in [5.41, 5.74) is 0. The largest absolute Gasteiger partial charge is 0.396 e. The predicted molar refractivity (Wildman–Crippen MR) is 76.9 cm³/mol. The average molecular weight is 289 g/mol. The summed E-state index contributed by atoms with van der Waals surface area (Å²) < 4.78 is 23.5. The third-order valence-corrected chi connectivity index (χ3v) is 6.45. The van der Waals surface area contributed by atoms with Crippen molar-refractivity contribution >= 4 is 9.84 Å². The van der Waals surface area contributed by atoms with Crippen LogP contribution in [0.2, 0.25) is 0 Å². The molecule has 1 aliphatic heterocycles. The van der Waals surface area contributed by atoms with Crippen LogP contribution in [0.5, 0.6) is 0 Å². The van der Waals surface area contributed by atoms with Crippen LogP contribution in [0.1, 0.15) is 51.4 Å². The summed E-state index contributed by atoms with van der Waals surface area (Å²) in [6.45, 7) is 1.31. The Morgan fingerprint density at radius 3 is 2.63 bits per heavy atom. The normalized spacial score (nSPS) is 34.3. The van der Waals surface area contributed by atoms with Crippen molar-refractivity contribution in [3.8, 4) is 0 Å². The Morgan fingerprint density at radius 2 is 1.95 bits per heavy atom. The number of hydrogen-bond acceptors (Lipinski definition) is 4.